The summed E-state index contributed by atoms with van der Waals surface area (Å²) in [7, 11) is 0. The minimum absolute atomic E-state index is 0.263. The third-order valence-electron chi connectivity index (χ3n) is 2.20. The van der Waals surface area contributed by atoms with Gasteiger partial charge in [-0.2, -0.15) is 0 Å². The molecule has 0 aliphatic rings. The molecule has 0 saturated carbocycles. The largest absolute Gasteiger partial charge is 0.396 e. The molecular weight excluding hydrogens is 226 g/mol. The molecular formula is C11H18ClN3O. The predicted octanol–water partition coefficient (Wildman–Crippen LogP) is 2.27. The number of hydrogen-bond acceptors (Lipinski definition) is 4. The summed E-state index contributed by atoms with van der Waals surface area (Å²) in [4.78, 5) is 8.41. The number of unbranched alkanes of at least 4 members (excludes halogenated alkanes) is 2. The Hall–Kier alpha value is -0.870. The Kier molecular flexibility index (Phi) is 6.11. The molecule has 0 aromatic carbocycles. The third-order valence-corrected chi connectivity index (χ3v) is 2.39. The maximum atomic E-state index is 8.63. The van der Waals surface area contributed by atoms with Crippen LogP contribution < -0.4 is 5.32 Å². The van der Waals surface area contributed by atoms with Crippen molar-refractivity contribution < 1.29 is 5.11 Å². The third kappa shape index (κ3) is 4.77. The summed E-state index contributed by atoms with van der Waals surface area (Å²) < 4.78 is 0. The lowest BCUT2D eigenvalue weighted by atomic mass is 10.2. The SMILES string of the molecule is CCc1nc(Cl)cc(NCCCCCO)n1. The summed E-state index contributed by atoms with van der Waals surface area (Å²) in [6.07, 6.45) is 3.67. The second-order valence-electron chi connectivity index (χ2n) is 3.56. The highest BCUT2D eigenvalue weighted by Crippen LogP contribution is 2.12. The molecule has 0 radical (unpaired) electrons. The highest BCUT2D eigenvalue weighted by molar-refractivity contribution is 6.29. The molecule has 0 bridgehead atoms. The van der Waals surface area contributed by atoms with E-state index in [-0.39, 0.29) is 6.61 Å². The van der Waals surface area contributed by atoms with Crippen molar-refractivity contribution in [3.8, 4) is 0 Å². The number of aliphatic hydroxyl groups excluding tert-OH is 1. The number of hydrogen-bond donors (Lipinski definition) is 2. The van der Waals surface area contributed by atoms with E-state index in [1.165, 1.54) is 0 Å². The first-order valence-electron chi connectivity index (χ1n) is 5.64. The van der Waals surface area contributed by atoms with E-state index in [2.05, 4.69) is 15.3 Å². The lowest BCUT2D eigenvalue weighted by Crippen LogP contribution is -2.06. The summed E-state index contributed by atoms with van der Waals surface area (Å²) in [5, 5.41) is 12.3. The van der Waals surface area contributed by atoms with Crippen LogP contribution in [0.15, 0.2) is 6.07 Å². The molecule has 0 fully saturated rings. The van der Waals surface area contributed by atoms with Crippen LogP contribution in [0.4, 0.5) is 5.82 Å². The maximum absolute atomic E-state index is 8.63. The van der Waals surface area contributed by atoms with Crippen molar-refractivity contribution in [2.75, 3.05) is 18.5 Å². The zero-order valence-electron chi connectivity index (χ0n) is 9.54. The van der Waals surface area contributed by atoms with Crippen molar-refractivity contribution in [1.29, 1.82) is 0 Å². The van der Waals surface area contributed by atoms with Crippen LogP contribution in [0.3, 0.4) is 0 Å². The van der Waals surface area contributed by atoms with Crippen LogP contribution in [0.2, 0.25) is 5.15 Å². The molecule has 0 aliphatic heterocycles. The molecule has 4 nitrogen and oxygen atoms in total. The van der Waals surface area contributed by atoms with Crippen LogP contribution in [-0.4, -0.2) is 28.2 Å². The highest BCUT2D eigenvalue weighted by atomic mass is 35.5. The number of aromatic nitrogens is 2. The van der Waals surface area contributed by atoms with Crippen LogP contribution in [0.25, 0.3) is 0 Å². The van der Waals surface area contributed by atoms with Gasteiger partial charge in [-0.3, -0.25) is 0 Å². The van der Waals surface area contributed by atoms with E-state index < -0.39 is 0 Å². The molecule has 0 aliphatic carbocycles. The van der Waals surface area contributed by atoms with Gasteiger partial charge in [0.15, 0.2) is 0 Å². The molecule has 0 amide bonds. The minimum Gasteiger partial charge on any atom is -0.396 e. The molecule has 90 valence electrons. The van der Waals surface area contributed by atoms with Crippen molar-refractivity contribution in [2.45, 2.75) is 32.6 Å². The fourth-order valence-corrected chi connectivity index (χ4v) is 1.54. The first-order chi connectivity index (χ1) is 7.76. The van der Waals surface area contributed by atoms with Crippen LogP contribution in [0.5, 0.6) is 0 Å². The van der Waals surface area contributed by atoms with Crippen molar-refractivity contribution in [3.05, 3.63) is 17.0 Å². The van der Waals surface area contributed by atoms with E-state index in [0.29, 0.717) is 5.15 Å². The standard InChI is InChI=1S/C11H18ClN3O/c1-2-10-14-9(12)8-11(15-10)13-6-4-3-5-7-16/h8,16H,2-7H2,1H3,(H,13,14,15). The Labute approximate surface area is 101 Å². The van der Waals surface area contributed by atoms with Crippen molar-refractivity contribution in [1.82, 2.24) is 9.97 Å². The number of rotatable bonds is 7. The van der Waals surface area contributed by atoms with Crippen LogP contribution in [-0.2, 0) is 6.42 Å². The first kappa shape index (κ1) is 13.2. The van der Waals surface area contributed by atoms with Gasteiger partial charge < -0.3 is 10.4 Å². The molecule has 0 unspecified atom stereocenters. The van der Waals surface area contributed by atoms with Crippen LogP contribution in [0.1, 0.15) is 32.0 Å². The van der Waals surface area contributed by atoms with Crippen molar-refractivity contribution >= 4 is 17.4 Å². The number of nitrogens with zero attached hydrogens (tertiary/aromatic N) is 2. The summed E-state index contributed by atoms with van der Waals surface area (Å²) in [6.45, 7) is 3.10. The highest BCUT2D eigenvalue weighted by Gasteiger charge is 2.00. The normalized spacial score (nSPS) is 10.4. The number of anilines is 1. The van der Waals surface area contributed by atoms with Crippen molar-refractivity contribution in [2.24, 2.45) is 0 Å². The van der Waals surface area contributed by atoms with Gasteiger partial charge in [-0.05, 0) is 19.3 Å². The summed E-state index contributed by atoms with van der Waals surface area (Å²) in [5.41, 5.74) is 0. The van der Waals surface area contributed by atoms with Crippen LogP contribution >= 0.6 is 11.6 Å². The Morgan fingerprint density at radius 3 is 2.81 bits per heavy atom. The van der Waals surface area contributed by atoms with Gasteiger partial charge in [-0.1, -0.05) is 18.5 Å². The molecule has 1 heterocycles. The number of nitrogens with one attached hydrogen (secondary N) is 1. The molecule has 16 heavy (non-hydrogen) atoms. The quantitative estimate of drug-likeness (QED) is 0.570. The van der Waals surface area contributed by atoms with Gasteiger partial charge in [0.05, 0.1) is 0 Å². The Bertz CT molecular complexity index is 320. The van der Waals surface area contributed by atoms with E-state index in [1.54, 1.807) is 6.07 Å². The van der Waals surface area contributed by atoms with Gasteiger partial charge in [0.1, 0.15) is 16.8 Å². The monoisotopic (exact) mass is 243 g/mol. The summed E-state index contributed by atoms with van der Waals surface area (Å²) >= 11 is 5.87. The van der Waals surface area contributed by atoms with E-state index in [0.717, 1.165) is 43.9 Å². The van der Waals surface area contributed by atoms with E-state index >= 15 is 0 Å². The van der Waals surface area contributed by atoms with E-state index in [4.69, 9.17) is 16.7 Å². The fraction of sp³-hybridized carbons (Fsp3) is 0.636. The predicted molar refractivity (Wildman–Crippen MR) is 65.8 cm³/mol. The number of aryl methyl sites for hydroxylation is 1. The minimum atomic E-state index is 0.263. The topological polar surface area (TPSA) is 58.0 Å². The first-order valence-corrected chi connectivity index (χ1v) is 6.02. The summed E-state index contributed by atoms with van der Waals surface area (Å²) in [6, 6.07) is 1.73. The molecule has 0 saturated heterocycles. The molecule has 1 aromatic rings. The zero-order valence-corrected chi connectivity index (χ0v) is 10.3. The Balaban J connectivity index is 2.38. The molecule has 5 heteroatoms. The molecule has 1 aromatic heterocycles. The number of halogens is 1. The van der Waals surface area contributed by atoms with Crippen molar-refractivity contribution in [3.63, 3.8) is 0 Å². The van der Waals surface area contributed by atoms with Crippen LogP contribution in [0, 0.1) is 0 Å². The van der Waals surface area contributed by atoms with Gasteiger partial charge in [-0.15, -0.1) is 0 Å². The van der Waals surface area contributed by atoms with Gasteiger partial charge in [0.2, 0.25) is 0 Å². The van der Waals surface area contributed by atoms with Gasteiger partial charge in [0.25, 0.3) is 0 Å². The molecule has 0 spiro atoms. The molecule has 2 N–H and O–H groups in total. The second-order valence-corrected chi connectivity index (χ2v) is 3.94. The average molecular weight is 244 g/mol. The second kappa shape index (κ2) is 7.41. The average Bonchev–Trinajstić information content (AvgIpc) is 2.28. The Morgan fingerprint density at radius 2 is 2.12 bits per heavy atom. The smallest absolute Gasteiger partial charge is 0.134 e. The lowest BCUT2D eigenvalue weighted by Gasteiger charge is -2.06. The van der Waals surface area contributed by atoms with Gasteiger partial charge in [0, 0.05) is 25.6 Å². The van der Waals surface area contributed by atoms with Gasteiger partial charge >= 0.3 is 0 Å². The maximum Gasteiger partial charge on any atom is 0.134 e. The number of aliphatic hydroxyl groups is 1. The van der Waals surface area contributed by atoms with E-state index in [9.17, 15) is 0 Å². The van der Waals surface area contributed by atoms with E-state index in [1.807, 2.05) is 6.92 Å². The molecule has 0 atom stereocenters. The Morgan fingerprint density at radius 1 is 1.31 bits per heavy atom. The zero-order chi connectivity index (χ0) is 11.8. The molecule has 1 rings (SSSR count). The summed E-state index contributed by atoms with van der Waals surface area (Å²) in [5.74, 6) is 1.53. The van der Waals surface area contributed by atoms with Gasteiger partial charge in [-0.25, -0.2) is 9.97 Å². The fourth-order valence-electron chi connectivity index (χ4n) is 1.34. The lowest BCUT2D eigenvalue weighted by molar-refractivity contribution is 0.283.